The Morgan fingerprint density at radius 1 is 0.794 bits per heavy atom. The largest absolute Gasteiger partial charge is 0.508 e. The average molecular weight is 470 g/mol. The fraction of sp³-hybridized carbons (Fsp3) is 0.385. The fourth-order valence-electron chi connectivity index (χ4n) is 3.38. The maximum Gasteiger partial charge on any atom is 0.336 e. The fourth-order valence-corrected chi connectivity index (χ4v) is 3.38. The Kier molecular flexibility index (Phi) is 11.3. The second-order valence-electron chi connectivity index (χ2n) is 8.07. The predicted octanol–water partition coefficient (Wildman–Crippen LogP) is 4.01. The summed E-state index contributed by atoms with van der Waals surface area (Å²) in [5, 5.41) is 20.7. The van der Waals surface area contributed by atoms with E-state index in [1.807, 2.05) is 0 Å². The first-order valence-corrected chi connectivity index (χ1v) is 11.5. The zero-order valence-electron chi connectivity index (χ0n) is 19.1. The van der Waals surface area contributed by atoms with E-state index in [0.29, 0.717) is 24.0 Å². The molecule has 0 radical (unpaired) electrons. The van der Waals surface area contributed by atoms with Crippen LogP contribution in [0, 0.1) is 0 Å². The van der Waals surface area contributed by atoms with Crippen molar-refractivity contribution in [3.63, 3.8) is 0 Å². The number of carboxylic acids is 1. The second kappa shape index (κ2) is 14.5. The number of phenols is 1. The predicted molar refractivity (Wildman–Crippen MR) is 125 cm³/mol. The lowest BCUT2D eigenvalue weighted by Gasteiger charge is -2.17. The number of unbranched alkanes of at least 4 members (excludes halogenated alkanes) is 5. The third-order valence-corrected chi connectivity index (χ3v) is 5.24. The first-order valence-electron chi connectivity index (χ1n) is 11.5. The van der Waals surface area contributed by atoms with Crippen LogP contribution < -0.4 is 5.32 Å². The molecule has 0 heterocycles. The van der Waals surface area contributed by atoms with Gasteiger partial charge in [-0.15, -0.1) is 0 Å². The Morgan fingerprint density at radius 2 is 1.38 bits per heavy atom. The van der Waals surface area contributed by atoms with Crippen LogP contribution in [0.5, 0.6) is 5.75 Å². The monoisotopic (exact) mass is 469 g/mol. The highest BCUT2D eigenvalue weighted by atomic mass is 16.6. The molecule has 3 N–H and O–H groups in total. The number of aromatic hydroxyl groups is 1. The van der Waals surface area contributed by atoms with Crippen molar-refractivity contribution in [1.29, 1.82) is 0 Å². The molecule has 2 aromatic rings. The highest BCUT2D eigenvalue weighted by Crippen LogP contribution is 2.13. The van der Waals surface area contributed by atoms with Crippen molar-refractivity contribution < 1.29 is 34.1 Å². The van der Waals surface area contributed by atoms with Gasteiger partial charge in [0.1, 0.15) is 11.8 Å². The van der Waals surface area contributed by atoms with E-state index in [0.717, 1.165) is 25.7 Å². The highest BCUT2D eigenvalue weighted by Gasteiger charge is 2.25. The molecule has 0 unspecified atom stereocenters. The van der Waals surface area contributed by atoms with E-state index >= 15 is 0 Å². The van der Waals surface area contributed by atoms with E-state index < -0.39 is 29.9 Å². The van der Waals surface area contributed by atoms with Crippen molar-refractivity contribution in [3.05, 3.63) is 65.7 Å². The maximum absolute atomic E-state index is 12.7. The molecule has 0 aromatic heterocycles. The normalized spacial score (nSPS) is 11.4. The molecule has 0 aliphatic rings. The number of rotatable bonds is 14. The quantitative estimate of drug-likeness (QED) is 0.216. The number of esters is 2. The van der Waals surface area contributed by atoms with Crippen LogP contribution >= 0.6 is 0 Å². The summed E-state index contributed by atoms with van der Waals surface area (Å²) in [6.07, 6.45) is 4.92. The Bertz CT molecular complexity index is 941. The number of carbonyl (C=O) groups excluding carboxylic acids is 3. The molecule has 0 bridgehead atoms. The van der Waals surface area contributed by atoms with Crippen molar-refractivity contribution in [2.45, 2.75) is 63.8 Å². The molecule has 2 rings (SSSR count). The molecule has 182 valence electrons. The lowest BCUT2D eigenvalue weighted by molar-refractivity contribution is -0.161. The van der Waals surface area contributed by atoms with Crippen molar-refractivity contribution in [1.82, 2.24) is 5.32 Å². The van der Waals surface area contributed by atoms with Gasteiger partial charge in [0, 0.05) is 24.8 Å². The highest BCUT2D eigenvalue weighted by molar-refractivity contribution is 5.98. The summed E-state index contributed by atoms with van der Waals surface area (Å²) in [6, 6.07) is 13.5. The standard InChI is InChI=1S/C26H31NO7/c28-21-16-14-19(15-17-21)18-22(27-25(32)20-10-6-5-7-11-20)26(33)34-24(31)13-9-4-2-1-3-8-12-23(29)30/h5-7,10-11,14-17,22,28H,1-4,8-9,12-13,18H2,(H,27,32)(H,29,30)/t22-/m0/s1. The van der Waals surface area contributed by atoms with Gasteiger partial charge in [0.05, 0.1) is 0 Å². The molecule has 8 nitrogen and oxygen atoms in total. The second-order valence-corrected chi connectivity index (χ2v) is 8.07. The van der Waals surface area contributed by atoms with Gasteiger partial charge in [-0.2, -0.15) is 0 Å². The summed E-state index contributed by atoms with van der Waals surface area (Å²) < 4.78 is 5.01. The number of phenolic OH excluding ortho intramolecular Hbond substituents is 1. The Hall–Kier alpha value is -3.68. The lowest BCUT2D eigenvalue weighted by Crippen LogP contribution is -2.44. The number of carboxylic acid groups (broad SMARTS) is 1. The van der Waals surface area contributed by atoms with E-state index in [9.17, 15) is 24.3 Å². The van der Waals surface area contributed by atoms with Crippen LogP contribution in [0.1, 0.15) is 67.3 Å². The summed E-state index contributed by atoms with van der Waals surface area (Å²) in [5.74, 6) is -2.67. The summed E-state index contributed by atoms with van der Waals surface area (Å²) >= 11 is 0. The number of carbonyl (C=O) groups is 4. The first kappa shape index (κ1) is 26.6. The summed E-state index contributed by atoms with van der Waals surface area (Å²) in [6.45, 7) is 0. The average Bonchev–Trinajstić information content (AvgIpc) is 2.82. The third kappa shape index (κ3) is 10.3. The molecule has 0 saturated heterocycles. The smallest absolute Gasteiger partial charge is 0.336 e. The van der Waals surface area contributed by atoms with Gasteiger partial charge in [-0.25, -0.2) is 4.79 Å². The van der Waals surface area contributed by atoms with Crippen LogP contribution in [0.4, 0.5) is 0 Å². The molecule has 0 saturated carbocycles. The van der Waals surface area contributed by atoms with Crippen molar-refractivity contribution in [3.8, 4) is 5.75 Å². The van der Waals surface area contributed by atoms with Crippen LogP contribution in [-0.2, 0) is 25.5 Å². The van der Waals surface area contributed by atoms with E-state index in [1.54, 1.807) is 42.5 Å². The van der Waals surface area contributed by atoms with Gasteiger partial charge in [-0.05, 0) is 42.7 Å². The van der Waals surface area contributed by atoms with Gasteiger partial charge in [0.15, 0.2) is 0 Å². The molecule has 0 aliphatic carbocycles. The van der Waals surface area contributed by atoms with Crippen LogP contribution in [0.3, 0.4) is 0 Å². The zero-order valence-corrected chi connectivity index (χ0v) is 19.1. The molecule has 1 atom stereocenters. The van der Waals surface area contributed by atoms with Gasteiger partial charge >= 0.3 is 17.9 Å². The number of hydrogen-bond acceptors (Lipinski definition) is 6. The zero-order chi connectivity index (χ0) is 24.8. The lowest BCUT2D eigenvalue weighted by atomic mass is 10.0. The molecule has 34 heavy (non-hydrogen) atoms. The molecule has 1 amide bonds. The van der Waals surface area contributed by atoms with Gasteiger partial charge in [-0.1, -0.05) is 56.0 Å². The van der Waals surface area contributed by atoms with Crippen molar-refractivity contribution in [2.24, 2.45) is 0 Å². The number of amides is 1. The Morgan fingerprint density at radius 3 is 2.00 bits per heavy atom. The van der Waals surface area contributed by atoms with Gasteiger partial charge in [0.2, 0.25) is 0 Å². The van der Waals surface area contributed by atoms with Crippen LogP contribution in [0.25, 0.3) is 0 Å². The van der Waals surface area contributed by atoms with Crippen molar-refractivity contribution >= 4 is 23.8 Å². The summed E-state index contributed by atoms with van der Waals surface area (Å²) in [4.78, 5) is 47.9. The number of aliphatic carboxylic acids is 1. The minimum absolute atomic E-state index is 0.0771. The van der Waals surface area contributed by atoms with Gasteiger partial charge in [0.25, 0.3) is 5.91 Å². The molecular formula is C26H31NO7. The first-order chi connectivity index (χ1) is 16.3. The molecule has 0 aliphatic heterocycles. The molecule has 8 heteroatoms. The van der Waals surface area contributed by atoms with E-state index in [2.05, 4.69) is 5.32 Å². The van der Waals surface area contributed by atoms with Gasteiger partial charge < -0.3 is 20.3 Å². The molecule has 2 aromatic carbocycles. The Labute approximate surface area is 198 Å². The number of hydrogen-bond donors (Lipinski definition) is 3. The third-order valence-electron chi connectivity index (χ3n) is 5.24. The van der Waals surface area contributed by atoms with E-state index in [4.69, 9.17) is 9.84 Å². The number of ether oxygens (including phenoxy) is 1. The van der Waals surface area contributed by atoms with Crippen LogP contribution in [0.2, 0.25) is 0 Å². The van der Waals surface area contributed by atoms with E-state index in [-0.39, 0.29) is 25.0 Å². The minimum atomic E-state index is -1.07. The van der Waals surface area contributed by atoms with Crippen LogP contribution in [-0.4, -0.2) is 40.1 Å². The molecule has 0 fully saturated rings. The number of benzene rings is 2. The number of nitrogens with one attached hydrogen (secondary N) is 1. The summed E-state index contributed by atoms with van der Waals surface area (Å²) in [7, 11) is 0. The maximum atomic E-state index is 12.7. The Balaban J connectivity index is 1.85. The van der Waals surface area contributed by atoms with Gasteiger partial charge in [-0.3, -0.25) is 14.4 Å². The SMILES string of the molecule is O=C(O)CCCCCCCCC(=O)OC(=O)[C@H](Cc1ccc(O)cc1)NC(=O)c1ccccc1. The summed E-state index contributed by atoms with van der Waals surface area (Å²) in [5.41, 5.74) is 1.06. The molecule has 0 spiro atoms. The topological polar surface area (TPSA) is 130 Å². The molecular weight excluding hydrogens is 438 g/mol. The van der Waals surface area contributed by atoms with E-state index in [1.165, 1.54) is 12.1 Å². The van der Waals surface area contributed by atoms with Crippen LogP contribution in [0.15, 0.2) is 54.6 Å². The minimum Gasteiger partial charge on any atom is -0.508 e. The van der Waals surface area contributed by atoms with Crippen molar-refractivity contribution in [2.75, 3.05) is 0 Å².